The van der Waals surface area contributed by atoms with Crippen molar-refractivity contribution in [2.24, 2.45) is 5.73 Å². The zero-order valence-electron chi connectivity index (χ0n) is 10.7. The van der Waals surface area contributed by atoms with Gasteiger partial charge in [0.15, 0.2) is 0 Å². The molecule has 2 heteroatoms. The molecule has 0 amide bonds. The summed E-state index contributed by atoms with van der Waals surface area (Å²) in [5, 5.41) is 9.27. The molecule has 0 bridgehead atoms. The number of benzene rings is 1. The predicted octanol–water partition coefficient (Wildman–Crippen LogP) is 2.38. The standard InChI is InChI=1S/C15H23NO/c1-12(17)3-4-13-5-7-14(8-6-13)15(11-16)9-2-10-15/h5-8,12,17H,2-4,9-11,16H2,1H3. The van der Waals surface area contributed by atoms with Gasteiger partial charge in [-0.05, 0) is 43.7 Å². The van der Waals surface area contributed by atoms with Gasteiger partial charge in [0.25, 0.3) is 0 Å². The highest BCUT2D eigenvalue weighted by Gasteiger charge is 2.36. The minimum atomic E-state index is -0.211. The van der Waals surface area contributed by atoms with Crippen molar-refractivity contribution in [2.45, 2.75) is 50.5 Å². The van der Waals surface area contributed by atoms with Crippen LogP contribution in [0.4, 0.5) is 0 Å². The molecule has 2 rings (SSSR count). The summed E-state index contributed by atoms with van der Waals surface area (Å²) in [6.07, 6.45) is 5.35. The zero-order chi connectivity index (χ0) is 12.3. The molecule has 1 saturated carbocycles. The van der Waals surface area contributed by atoms with E-state index in [9.17, 15) is 5.11 Å². The maximum atomic E-state index is 9.27. The van der Waals surface area contributed by atoms with Crippen LogP contribution in [0.2, 0.25) is 0 Å². The van der Waals surface area contributed by atoms with Gasteiger partial charge in [-0.2, -0.15) is 0 Å². The second-order valence-electron chi connectivity index (χ2n) is 5.42. The van der Waals surface area contributed by atoms with Crippen LogP contribution < -0.4 is 5.73 Å². The highest BCUT2D eigenvalue weighted by molar-refractivity contribution is 5.31. The normalized spacial score (nSPS) is 19.7. The van der Waals surface area contributed by atoms with Crippen molar-refractivity contribution in [1.29, 1.82) is 0 Å². The molecule has 1 fully saturated rings. The fourth-order valence-corrected chi connectivity index (χ4v) is 2.61. The SMILES string of the molecule is CC(O)CCc1ccc(C2(CN)CCC2)cc1. The van der Waals surface area contributed by atoms with Gasteiger partial charge < -0.3 is 10.8 Å². The van der Waals surface area contributed by atoms with Crippen LogP contribution in [0.1, 0.15) is 43.7 Å². The van der Waals surface area contributed by atoms with E-state index in [1.165, 1.54) is 30.4 Å². The third-order valence-corrected chi connectivity index (χ3v) is 4.12. The molecule has 0 saturated heterocycles. The molecule has 2 nitrogen and oxygen atoms in total. The number of nitrogens with two attached hydrogens (primary N) is 1. The Morgan fingerprint density at radius 3 is 2.35 bits per heavy atom. The average Bonchev–Trinajstić information content (AvgIpc) is 2.27. The van der Waals surface area contributed by atoms with Gasteiger partial charge in [0.2, 0.25) is 0 Å². The topological polar surface area (TPSA) is 46.2 Å². The molecule has 1 aromatic rings. The Morgan fingerprint density at radius 2 is 1.94 bits per heavy atom. The van der Waals surface area contributed by atoms with Gasteiger partial charge in [-0.1, -0.05) is 30.7 Å². The van der Waals surface area contributed by atoms with E-state index in [0.717, 1.165) is 19.4 Å². The number of aryl methyl sites for hydroxylation is 1. The Bertz CT molecular complexity index is 346. The van der Waals surface area contributed by atoms with Crippen LogP contribution in [-0.4, -0.2) is 17.8 Å². The lowest BCUT2D eigenvalue weighted by Gasteiger charge is -2.41. The van der Waals surface area contributed by atoms with Gasteiger partial charge in [-0.3, -0.25) is 0 Å². The highest BCUT2D eigenvalue weighted by Crippen LogP contribution is 2.42. The van der Waals surface area contributed by atoms with Gasteiger partial charge in [-0.15, -0.1) is 0 Å². The third kappa shape index (κ3) is 2.70. The molecular formula is C15H23NO. The summed E-state index contributed by atoms with van der Waals surface area (Å²) in [5.74, 6) is 0. The number of hydrogen-bond donors (Lipinski definition) is 2. The number of aliphatic hydroxyl groups excluding tert-OH is 1. The van der Waals surface area contributed by atoms with Crippen molar-refractivity contribution in [3.63, 3.8) is 0 Å². The lowest BCUT2D eigenvalue weighted by Crippen LogP contribution is -2.41. The van der Waals surface area contributed by atoms with Crippen LogP contribution in [0, 0.1) is 0 Å². The molecule has 17 heavy (non-hydrogen) atoms. The number of hydrogen-bond acceptors (Lipinski definition) is 2. The predicted molar refractivity (Wildman–Crippen MR) is 71.0 cm³/mol. The molecule has 0 radical (unpaired) electrons. The van der Waals surface area contributed by atoms with Crippen molar-refractivity contribution in [3.8, 4) is 0 Å². The summed E-state index contributed by atoms with van der Waals surface area (Å²) in [4.78, 5) is 0. The fraction of sp³-hybridized carbons (Fsp3) is 0.600. The summed E-state index contributed by atoms with van der Waals surface area (Å²) in [5.41, 5.74) is 8.87. The highest BCUT2D eigenvalue weighted by atomic mass is 16.3. The quantitative estimate of drug-likeness (QED) is 0.820. The summed E-state index contributed by atoms with van der Waals surface area (Å²) in [6, 6.07) is 8.83. The first-order valence-electron chi connectivity index (χ1n) is 6.64. The van der Waals surface area contributed by atoms with Crippen LogP contribution in [-0.2, 0) is 11.8 Å². The van der Waals surface area contributed by atoms with Crippen LogP contribution >= 0.6 is 0 Å². The Morgan fingerprint density at radius 1 is 1.29 bits per heavy atom. The van der Waals surface area contributed by atoms with Gasteiger partial charge >= 0.3 is 0 Å². The van der Waals surface area contributed by atoms with Crippen molar-refractivity contribution in [1.82, 2.24) is 0 Å². The molecule has 0 spiro atoms. The molecule has 1 aliphatic carbocycles. The van der Waals surface area contributed by atoms with Crippen molar-refractivity contribution >= 4 is 0 Å². The van der Waals surface area contributed by atoms with Gasteiger partial charge in [-0.25, -0.2) is 0 Å². The molecule has 0 heterocycles. The first kappa shape index (κ1) is 12.6. The number of aliphatic hydroxyl groups is 1. The van der Waals surface area contributed by atoms with Crippen molar-refractivity contribution in [3.05, 3.63) is 35.4 Å². The molecule has 1 aromatic carbocycles. The van der Waals surface area contributed by atoms with E-state index < -0.39 is 0 Å². The van der Waals surface area contributed by atoms with Gasteiger partial charge in [0, 0.05) is 12.0 Å². The second kappa shape index (κ2) is 5.19. The average molecular weight is 233 g/mol. The maximum absolute atomic E-state index is 9.27. The fourth-order valence-electron chi connectivity index (χ4n) is 2.61. The van der Waals surface area contributed by atoms with Crippen molar-refractivity contribution < 1.29 is 5.11 Å². The molecular weight excluding hydrogens is 210 g/mol. The Hall–Kier alpha value is -0.860. The second-order valence-corrected chi connectivity index (χ2v) is 5.42. The zero-order valence-corrected chi connectivity index (χ0v) is 10.7. The third-order valence-electron chi connectivity index (χ3n) is 4.12. The van der Waals surface area contributed by atoms with Crippen LogP contribution in [0.5, 0.6) is 0 Å². The number of rotatable bonds is 5. The Balaban J connectivity index is 2.02. The van der Waals surface area contributed by atoms with Gasteiger partial charge in [0.05, 0.1) is 6.10 Å². The molecule has 1 atom stereocenters. The van der Waals surface area contributed by atoms with Crippen molar-refractivity contribution in [2.75, 3.05) is 6.54 Å². The van der Waals surface area contributed by atoms with Gasteiger partial charge in [0.1, 0.15) is 0 Å². The smallest absolute Gasteiger partial charge is 0.0515 e. The largest absolute Gasteiger partial charge is 0.393 e. The monoisotopic (exact) mass is 233 g/mol. The lowest BCUT2D eigenvalue weighted by atomic mass is 9.64. The van der Waals surface area contributed by atoms with E-state index in [0.29, 0.717) is 0 Å². The lowest BCUT2D eigenvalue weighted by molar-refractivity contribution is 0.185. The van der Waals surface area contributed by atoms with E-state index in [2.05, 4.69) is 24.3 Å². The van der Waals surface area contributed by atoms with Crippen LogP contribution in [0.15, 0.2) is 24.3 Å². The minimum absolute atomic E-state index is 0.211. The van der Waals surface area contributed by atoms with E-state index >= 15 is 0 Å². The van der Waals surface area contributed by atoms with E-state index in [1.807, 2.05) is 6.92 Å². The summed E-state index contributed by atoms with van der Waals surface area (Å²) in [6.45, 7) is 2.60. The Kier molecular flexibility index (Phi) is 3.85. The first-order chi connectivity index (χ1) is 8.16. The van der Waals surface area contributed by atoms with E-state index in [4.69, 9.17) is 5.73 Å². The van der Waals surface area contributed by atoms with E-state index in [-0.39, 0.29) is 11.5 Å². The summed E-state index contributed by atoms with van der Waals surface area (Å²) in [7, 11) is 0. The maximum Gasteiger partial charge on any atom is 0.0515 e. The molecule has 1 unspecified atom stereocenters. The first-order valence-corrected chi connectivity index (χ1v) is 6.64. The van der Waals surface area contributed by atoms with E-state index in [1.54, 1.807) is 0 Å². The Labute approximate surface area is 104 Å². The summed E-state index contributed by atoms with van der Waals surface area (Å²) < 4.78 is 0. The minimum Gasteiger partial charge on any atom is -0.393 e. The summed E-state index contributed by atoms with van der Waals surface area (Å²) >= 11 is 0. The molecule has 0 aliphatic heterocycles. The molecule has 1 aliphatic rings. The van der Waals surface area contributed by atoms with Crippen LogP contribution in [0.25, 0.3) is 0 Å². The molecule has 0 aromatic heterocycles. The molecule has 3 N–H and O–H groups in total. The van der Waals surface area contributed by atoms with Crippen LogP contribution in [0.3, 0.4) is 0 Å². The molecule has 94 valence electrons.